The highest BCUT2D eigenvalue weighted by atomic mass is 16.5. The Labute approximate surface area is 169 Å². The zero-order valence-electron chi connectivity index (χ0n) is 17.4. The molecule has 0 aliphatic carbocycles. The van der Waals surface area contributed by atoms with E-state index in [-0.39, 0.29) is 5.97 Å². The molecule has 0 fully saturated rings. The summed E-state index contributed by atoms with van der Waals surface area (Å²) in [6.07, 6.45) is 0. The molecule has 3 aromatic rings. The molecule has 0 aliphatic heterocycles. The molecule has 29 heavy (non-hydrogen) atoms. The van der Waals surface area contributed by atoms with Crippen LogP contribution in [0.2, 0.25) is 0 Å². The minimum atomic E-state index is -0.627. The van der Waals surface area contributed by atoms with Crippen molar-refractivity contribution in [2.75, 3.05) is 14.2 Å². The third kappa shape index (κ3) is 3.97. The van der Waals surface area contributed by atoms with Crippen LogP contribution in [0.3, 0.4) is 0 Å². The van der Waals surface area contributed by atoms with Gasteiger partial charge in [0, 0.05) is 5.39 Å². The van der Waals surface area contributed by atoms with Crippen molar-refractivity contribution >= 4 is 16.9 Å². The van der Waals surface area contributed by atoms with Crippen molar-refractivity contribution in [3.8, 4) is 28.4 Å². The summed E-state index contributed by atoms with van der Waals surface area (Å²) in [5.74, 6) is 1.13. The molecular weight excluding hydrogens is 372 g/mol. The summed E-state index contributed by atoms with van der Waals surface area (Å²) in [5, 5.41) is 0.689. The number of carbonyl (C=O) groups excluding carboxylic acids is 1. The van der Waals surface area contributed by atoms with Gasteiger partial charge in [-0.15, -0.1) is 0 Å². The lowest BCUT2D eigenvalue weighted by Gasteiger charge is -2.17. The molecule has 0 bridgehead atoms. The van der Waals surface area contributed by atoms with Crippen LogP contribution in [0.1, 0.15) is 26.3 Å². The predicted octanol–water partition coefficient (Wildman–Crippen LogP) is 4.74. The van der Waals surface area contributed by atoms with Crippen LogP contribution in [0.4, 0.5) is 0 Å². The molecule has 0 saturated carbocycles. The van der Waals surface area contributed by atoms with E-state index >= 15 is 0 Å². The lowest BCUT2D eigenvalue weighted by Crippen LogP contribution is -2.25. The summed E-state index contributed by atoms with van der Waals surface area (Å²) in [4.78, 5) is 24.9. The van der Waals surface area contributed by atoms with Gasteiger partial charge in [0.05, 0.1) is 25.2 Å². The Hall–Kier alpha value is -3.28. The number of rotatable bonds is 4. The lowest BCUT2D eigenvalue weighted by molar-refractivity contribution is -0.142. The highest BCUT2D eigenvalue weighted by Crippen LogP contribution is 2.35. The second-order valence-corrected chi connectivity index (χ2v) is 7.76. The van der Waals surface area contributed by atoms with Crippen molar-refractivity contribution in [2.24, 2.45) is 5.41 Å². The molecule has 0 amide bonds. The van der Waals surface area contributed by atoms with Gasteiger partial charge in [-0.1, -0.05) is 6.07 Å². The lowest BCUT2D eigenvalue weighted by atomic mass is 9.97. The zero-order valence-corrected chi connectivity index (χ0v) is 17.4. The number of methoxy groups -OCH3 is 2. The fourth-order valence-corrected chi connectivity index (χ4v) is 2.98. The molecule has 6 nitrogen and oxygen atoms in total. The van der Waals surface area contributed by atoms with Crippen LogP contribution in [0.15, 0.2) is 45.6 Å². The van der Waals surface area contributed by atoms with Crippen molar-refractivity contribution in [3.63, 3.8) is 0 Å². The Kier molecular flexibility index (Phi) is 5.38. The molecule has 1 aromatic heterocycles. The fraction of sp³-hybridized carbons (Fsp3) is 0.304. The summed E-state index contributed by atoms with van der Waals surface area (Å²) in [6.45, 7) is 7.20. The summed E-state index contributed by atoms with van der Waals surface area (Å²) >= 11 is 0. The number of carbonyl (C=O) groups is 1. The largest absolute Gasteiger partial charge is 0.493 e. The topological polar surface area (TPSA) is 75.0 Å². The molecular formula is C23H24O6. The van der Waals surface area contributed by atoms with E-state index in [1.165, 1.54) is 7.11 Å². The molecule has 0 N–H and O–H groups in total. The Morgan fingerprint density at radius 1 is 0.966 bits per heavy atom. The van der Waals surface area contributed by atoms with Gasteiger partial charge in [-0.2, -0.15) is 0 Å². The highest BCUT2D eigenvalue weighted by Gasteiger charge is 2.24. The average Bonchev–Trinajstić information content (AvgIpc) is 2.67. The van der Waals surface area contributed by atoms with Crippen LogP contribution in [0, 0.1) is 12.3 Å². The van der Waals surface area contributed by atoms with Gasteiger partial charge in [0.25, 0.3) is 0 Å². The molecule has 3 rings (SSSR count). The molecule has 152 valence electrons. The fourth-order valence-electron chi connectivity index (χ4n) is 2.98. The van der Waals surface area contributed by atoms with Crippen LogP contribution in [-0.4, -0.2) is 20.2 Å². The number of esters is 1. The quantitative estimate of drug-likeness (QED) is 0.360. The second-order valence-electron chi connectivity index (χ2n) is 7.76. The van der Waals surface area contributed by atoms with E-state index in [2.05, 4.69) is 0 Å². The van der Waals surface area contributed by atoms with Gasteiger partial charge in [-0.05, 0) is 69.2 Å². The summed E-state index contributed by atoms with van der Waals surface area (Å²) < 4.78 is 21.6. The SMILES string of the molecule is COc1ccc(-c2c(C)c3cc(OC(=O)C(C)(C)C)ccc3oc2=O)cc1OC. The van der Waals surface area contributed by atoms with E-state index in [9.17, 15) is 9.59 Å². The van der Waals surface area contributed by atoms with Crippen molar-refractivity contribution in [1.82, 2.24) is 0 Å². The van der Waals surface area contributed by atoms with Crippen molar-refractivity contribution in [2.45, 2.75) is 27.7 Å². The molecule has 0 atom stereocenters. The summed E-state index contributed by atoms with van der Waals surface area (Å²) in [5.41, 5.74) is 1.12. The van der Waals surface area contributed by atoms with Gasteiger partial charge in [0.15, 0.2) is 11.5 Å². The second kappa shape index (κ2) is 7.62. The van der Waals surface area contributed by atoms with E-state index in [0.717, 1.165) is 5.56 Å². The van der Waals surface area contributed by atoms with Crippen LogP contribution in [-0.2, 0) is 4.79 Å². The first-order chi connectivity index (χ1) is 13.7. The monoisotopic (exact) mass is 396 g/mol. The van der Waals surface area contributed by atoms with Gasteiger partial charge in [-0.25, -0.2) is 4.79 Å². The minimum Gasteiger partial charge on any atom is -0.493 e. The molecule has 0 radical (unpaired) electrons. The molecule has 0 aliphatic rings. The van der Waals surface area contributed by atoms with Gasteiger partial charge in [-0.3, -0.25) is 4.79 Å². The maximum Gasteiger partial charge on any atom is 0.344 e. The number of fused-ring (bicyclic) bond motifs is 1. The molecule has 0 unspecified atom stereocenters. The average molecular weight is 396 g/mol. The first-order valence-electron chi connectivity index (χ1n) is 9.18. The van der Waals surface area contributed by atoms with E-state index in [1.807, 2.05) is 6.92 Å². The van der Waals surface area contributed by atoms with E-state index in [0.29, 0.717) is 39.3 Å². The Morgan fingerprint density at radius 3 is 2.28 bits per heavy atom. The number of ether oxygens (including phenoxy) is 3. The summed E-state index contributed by atoms with van der Waals surface area (Å²) in [7, 11) is 3.08. The molecule has 6 heteroatoms. The Bertz CT molecular complexity index is 1130. The van der Waals surface area contributed by atoms with E-state index in [1.54, 1.807) is 64.3 Å². The van der Waals surface area contributed by atoms with E-state index in [4.69, 9.17) is 18.6 Å². The zero-order chi connectivity index (χ0) is 21.3. The van der Waals surface area contributed by atoms with Crippen LogP contribution in [0.25, 0.3) is 22.1 Å². The summed E-state index contributed by atoms with van der Waals surface area (Å²) in [6, 6.07) is 10.2. The molecule has 1 heterocycles. The Morgan fingerprint density at radius 2 is 1.66 bits per heavy atom. The number of benzene rings is 2. The number of aryl methyl sites for hydroxylation is 1. The van der Waals surface area contributed by atoms with Crippen molar-refractivity contribution in [3.05, 3.63) is 52.4 Å². The highest BCUT2D eigenvalue weighted by molar-refractivity contribution is 5.88. The number of hydrogen-bond donors (Lipinski definition) is 0. The number of hydrogen-bond acceptors (Lipinski definition) is 6. The maximum absolute atomic E-state index is 12.7. The maximum atomic E-state index is 12.7. The minimum absolute atomic E-state index is 0.341. The van der Waals surface area contributed by atoms with Crippen LogP contribution >= 0.6 is 0 Å². The third-order valence-electron chi connectivity index (χ3n) is 4.63. The molecule has 2 aromatic carbocycles. The normalized spacial score (nSPS) is 11.4. The Balaban J connectivity index is 2.14. The van der Waals surface area contributed by atoms with Crippen molar-refractivity contribution < 1.29 is 23.4 Å². The standard InChI is InChI=1S/C23H24O6/c1-13-16-12-15(28-22(25)23(2,3)4)8-10-17(16)29-21(24)20(13)14-7-9-18(26-5)19(11-14)27-6/h7-12H,1-6H3. The predicted molar refractivity (Wildman–Crippen MR) is 111 cm³/mol. The van der Waals surface area contributed by atoms with Gasteiger partial charge in [0.2, 0.25) is 0 Å². The van der Waals surface area contributed by atoms with Gasteiger partial charge < -0.3 is 18.6 Å². The molecule has 0 saturated heterocycles. The van der Waals surface area contributed by atoms with E-state index < -0.39 is 11.0 Å². The smallest absolute Gasteiger partial charge is 0.344 e. The van der Waals surface area contributed by atoms with Crippen LogP contribution in [0.5, 0.6) is 17.2 Å². The van der Waals surface area contributed by atoms with Gasteiger partial charge >= 0.3 is 11.6 Å². The first-order valence-corrected chi connectivity index (χ1v) is 9.18. The molecule has 0 spiro atoms. The first kappa shape index (κ1) is 20.5. The third-order valence-corrected chi connectivity index (χ3v) is 4.63. The van der Waals surface area contributed by atoms with Gasteiger partial charge in [0.1, 0.15) is 11.3 Å². The van der Waals surface area contributed by atoms with Crippen molar-refractivity contribution in [1.29, 1.82) is 0 Å². The van der Waals surface area contributed by atoms with Crippen LogP contribution < -0.4 is 19.8 Å².